The van der Waals surface area contributed by atoms with Crippen LogP contribution in [0, 0.1) is 5.92 Å². The van der Waals surface area contributed by atoms with Crippen molar-refractivity contribution in [3.05, 3.63) is 11.9 Å². The highest BCUT2D eigenvalue weighted by atomic mass is 32.1. The molecule has 0 spiro atoms. The van der Waals surface area contributed by atoms with Crippen molar-refractivity contribution in [3.8, 4) is 0 Å². The maximum atomic E-state index is 6.05. The van der Waals surface area contributed by atoms with Gasteiger partial charge in [0.1, 0.15) is 0 Å². The maximum absolute atomic E-state index is 6.05. The molecule has 0 saturated heterocycles. The highest BCUT2D eigenvalue weighted by Crippen LogP contribution is 2.25. The standard InChI is InChI=1S/C9H15N3S/c10-9-4-2-1-3-7(9)5-8-6-11-13-12-8/h6-7,9H,1-5,10H2. The molecule has 0 amide bonds. The molecule has 3 nitrogen and oxygen atoms in total. The van der Waals surface area contributed by atoms with Crippen LogP contribution in [0.15, 0.2) is 6.20 Å². The fraction of sp³-hybridized carbons (Fsp3) is 0.778. The molecule has 1 aliphatic rings. The Bertz CT molecular complexity index is 247. The zero-order valence-corrected chi connectivity index (χ0v) is 8.46. The topological polar surface area (TPSA) is 51.8 Å². The van der Waals surface area contributed by atoms with Gasteiger partial charge in [-0.1, -0.05) is 12.8 Å². The van der Waals surface area contributed by atoms with Crippen molar-refractivity contribution in [2.75, 3.05) is 0 Å². The van der Waals surface area contributed by atoms with Crippen molar-refractivity contribution >= 4 is 11.7 Å². The van der Waals surface area contributed by atoms with E-state index in [1.54, 1.807) is 0 Å². The number of hydrogen-bond acceptors (Lipinski definition) is 4. The minimum absolute atomic E-state index is 0.385. The van der Waals surface area contributed by atoms with Gasteiger partial charge in [0.15, 0.2) is 0 Å². The third kappa shape index (κ3) is 2.25. The molecule has 2 atom stereocenters. The van der Waals surface area contributed by atoms with Crippen LogP contribution < -0.4 is 5.73 Å². The van der Waals surface area contributed by atoms with Gasteiger partial charge in [-0.15, -0.1) is 0 Å². The lowest BCUT2D eigenvalue weighted by atomic mass is 9.82. The van der Waals surface area contributed by atoms with Gasteiger partial charge >= 0.3 is 0 Å². The second-order valence-corrected chi connectivity index (χ2v) is 4.37. The normalized spacial score (nSPS) is 29.0. The van der Waals surface area contributed by atoms with Crippen LogP contribution in [0.4, 0.5) is 0 Å². The predicted molar refractivity (Wildman–Crippen MR) is 53.5 cm³/mol. The van der Waals surface area contributed by atoms with E-state index in [2.05, 4.69) is 8.75 Å². The zero-order chi connectivity index (χ0) is 9.10. The van der Waals surface area contributed by atoms with E-state index in [1.165, 1.54) is 37.4 Å². The van der Waals surface area contributed by atoms with E-state index >= 15 is 0 Å². The molecule has 0 bridgehead atoms. The van der Waals surface area contributed by atoms with Gasteiger partial charge in [0.25, 0.3) is 0 Å². The van der Waals surface area contributed by atoms with E-state index in [-0.39, 0.29) is 0 Å². The first-order valence-electron chi connectivity index (χ1n) is 4.88. The van der Waals surface area contributed by atoms with E-state index in [1.807, 2.05) is 6.20 Å². The Balaban J connectivity index is 1.93. The summed E-state index contributed by atoms with van der Waals surface area (Å²) >= 11 is 1.29. The van der Waals surface area contributed by atoms with Crippen LogP contribution in [-0.4, -0.2) is 14.8 Å². The molecule has 1 aromatic heterocycles. The molecule has 1 aromatic rings. The summed E-state index contributed by atoms with van der Waals surface area (Å²) in [6.07, 6.45) is 7.97. The van der Waals surface area contributed by atoms with Crippen LogP contribution in [0.2, 0.25) is 0 Å². The maximum Gasteiger partial charge on any atom is 0.0746 e. The Hall–Kier alpha value is -0.480. The summed E-state index contributed by atoms with van der Waals surface area (Å²) < 4.78 is 8.22. The van der Waals surface area contributed by atoms with E-state index in [9.17, 15) is 0 Å². The average Bonchev–Trinajstić information content (AvgIpc) is 2.61. The fourth-order valence-electron chi connectivity index (χ4n) is 2.03. The molecule has 4 heteroatoms. The SMILES string of the molecule is NC1CCCCC1Cc1cnsn1. The summed E-state index contributed by atoms with van der Waals surface area (Å²) in [5, 5.41) is 0. The molecule has 1 heterocycles. The lowest BCUT2D eigenvalue weighted by Gasteiger charge is -2.27. The smallest absolute Gasteiger partial charge is 0.0746 e. The van der Waals surface area contributed by atoms with Gasteiger partial charge in [0.05, 0.1) is 23.6 Å². The Morgan fingerprint density at radius 3 is 3.00 bits per heavy atom. The zero-order valence-electron chi connectivity index (χ0n) is 7.65. The quantitative estimate of drug-likeness (QED) is 0.783. The van der Waals surface area contributed by atoms with Crippen LogP contribution in [0.1, 0.15) is 31.4 Å². The first kappa shape index (κ1) is 9.09. The lowest BCUT2D eigenvalue weighted by Crippen LogP contribution is -2.34. The third-order valence-electron chi connectivity index (χ3n) is 2.85. The molecule has 13 heavy (non-hydrogen) atoms. The first-order chi connectivity index (χ1) is 6.36. The molecule has 1 fully saturated rings. The Kier molecular flexibility index (Phi) is 2.90. The molecule has 72 valence electrons. The second kappa shape index (κ2) is 4.15. The van der Waals surface area contributed by atoms with E-state index in [0.717, 1.165) is 12.1 Å². The first-order valence-corrected chi connectivity index (χ1v) is 5.61. The number of hydrogen-bond donors (Lipinski definition) is 1. The number of rotatable bonds is 2. The summed E-state index contributed by atoms with van der Waals surface area (Å²) in [4.78, 5) is 0. The highest BCUT2D eigenvalue weighted by molar-refractivity contribution is 6.99. The summed E-state index contributed by atoms with van der Waals surface area (Å²) in [6.45, 7) is 0. The molecule has 0 aliphatic heterocycles. The minimum Gasteiger partial charge on any atom is -0.327 e. The second-order valence-electron chi connectivity index (χ2n) is 3.81. The summed E-state index contributed by atoms with van der Waals surface area (Å²) in [5.41, 5.74) is 7.17. The van der Waals surface area contributed by atoms with Crippen molar-refractivity contribution in [2.24, 2.45) is 11.7 Å². The van der Waals surface area contributed by atoms with Crippen LogP contribution in [-0.2, 0) is 6.42 Å². The fourth-order valence-corrected chi connectivity index (χ4v) is 2.47. The van der Waals surface area contributed by atoms with Crippen molar-refractivity contribution in [1.29, 1.82) is 0 Å². The van der Waals surface area contributed by atoms with Crippen LogP contribution in [0.25, 0.3) is 0 Å². The van der Waals surface area contributed by atoms with Gasteiger partial charge in [-0.05, 0) is 25.2 Å². The number of aromatic nitrogens is 2. The van der Waals surface area contributed by atoms with Crippen LogP contribution >= 0.6 is 11.7 Å². The van der Waals surface area contributed by atoms with Gasteiger partial charge in [-0.3, -0.25) is 0 Å². The summed E-state index contributed by atoms with van der Waals surface area (Å²) in [5.74, 6) is 0.637. The third-order valence-corrected chi connectivity index (χ3v) is 3.36. The van der Waals surface area contributed by atoms with Crippen molar-refractivity contribution < 1.29 is 0 Å². The predicted octanol–water partition coefficient (Wildman–Crippen LogP) is 1.60. The molecule has 2 unspecified atom stereocenters. The molecule has 0 radical (unpaired) electrons. The molecule has 0 aromatic carbocycles. The Labute approximate surface area is 82.7 Å². The van der Waals surface area contributed by atoms with Crippen molar-refractivity contribution in [3.63, 3.8) is 0 Å². The summed E-state index contributed by atoms with van der Waals surface area (Å²) in [6, 6.07) is 0.385. The molecule has 2 rings (SSSR count). The van der Waals surface area contributed by atoms with Gasteiger partial charge in [-0.2, -0.15) is 8.75 Å². The molecule has 1 saturated carbocycles. The minimum atomic E-state index is 0.385. The Morgan fingerprint density at radius 1 is 1.46 bits per heavy atom. The largest absolute Gasteiger partial charge is 0.327 e. The van der Waals surface area contributed by atoms with E-state index in [0.29, 0.717) is 12.0 Å². The van der Waals surface area contributed by atoms with E-state index < -0.39 is 0 Å². The molecular formula is C9H15N3S. The highest BCUT2D eigenvalue weighted by Gasteiger charge is 2.22. The number of nitrogens with zero attached hydrogens (tertiary/aromatic N) is 2. The lowest BCUT2D eigenvalue weighted by molar-refractivity contribution is 0.305. The van der Waals surface area contributed by atoms with Crippen molar-refractivity contribution in [2.45, 2.75) is 38.1 Å². The summed E-state index contributed by atoms with van der Waals surface area (Å²) in [7, 11) is 0. The van der Waals surface area contributed by atoms with Crippen LogP contribution in [0.3, 0.4) is 0 Å². The van der Waals surface area contributed by atoms with Gasteiger partial charge in [0, 0.05) is 6.04 Å². The van der Waals surface area contributed by atoms with E-state index in [4.69, 9.17) is 5.73 Å². The van der Waals surface area contributed by atoms with Gasteiger partial charge in [-0.25, -0.2) is 0 Å². The van der Waals surface area contributed by atoms with Gasteiger partial charge < -0.3 is 5.73 Å². The molecular weight excluding hydrogens is 182 g/mol. The number of nitrogens with two attached hydrogens (primary N) is 1. The average molecular weight is 197 g/mol. The molecule has 1 aliphatic carbocycles. The van der Waals surface area contributed by atoms with Crippen LogP contribution in [0.5, 0.6) is 0 Å². The van der Waals surface area contributed by atoms with Gasteiger partial charge in [0.2, 0.25) is 0 Å². The Morgan fingerprint density at radius 2 is 2.31 bits per heavy atom. The molecule has 2 N–H and O–H groups in total. The monoisotopic (exact) mass is 197 g/mol. The van der Waals surface area contributed by atoms with Crippen molar-refractivity contribution in [1.82, 2.24) is 8.75 Å².